The summed E-state index contributed by atoms with van der Waals surface area (Å²) in [6, 6.07) is 16.4. The maximum atomic E-state index is 10.5. The molecule has 0 saturated heterocycles. The molecule has 0 N–H and O–H groups in total. The molecule has 86 valence electrons. The van der Waals surface area contributed by atoms with E-state index in [1.807, 2.05) is 30.3 Å². The van der Waals surface area contributed by atoms with Gasteiger partial charge in [-0.15, -0.1) is 0 Å². The summed E-state index contributed by atoms with van der Waals surface area (Å²) in [4.78, 5) is 10.1. The van der Waals surface area contributed by atoms with E-state index in [-0.39, 0.29) is 5.69 Å². The minimum Gasteiger partial charge on any atom is -0.258 e. The number of hydrogen-bond acceptors (Lipinski definition) is 3. The highest BCUT2D eigenvalue weighted by Crippen LogP contribution is 2.24. The van der Waals surface area contributed by atoms with Gasteiger partial charge in [-0.25, -0.2) is 3.15 Å². The molecule has 2 aromatic carbocycles. The lowest BCUT2D eigenvalue weighted by Crippen LogP contribution is -1.85. The fraction of sp³-hybridized carbons (Fsp3) is 0. The fourth-order valence-electron chi connectivity index (χ4n) is 1.20. The zero-order valence-corrected chi connectivity index (χ0v) is 10.9. The Hall–Kier alpha value is -1.63. The quantitative estimate of drug-likeness (QED) is 0.476. The summed E-state index contributed by atoms with van der Waals surface area (Å²) in [7, 11) is 0. The number of non-ortho nitro benzene ring substituents is 1. The van der Waals surface area contributed by atoms with Crippen LogP contribution in [0.4, 0.5) is 11.4 Å². The van der Waals surface area contributed by atoms with Crippen LogP contribution >= 0.6 is 21.0 Å². The first kappa shape index (κ1) is 11.8. The smallest absolute Gasteiger partial charge is 0.258 e. The van der Waals surface area contributed by atoms with Crippen LogP contribution in [0.3, 0.4) is 0 Å². The second kappa shape index (κ2) is 5.62. The van der Waals surface area contributed by atoms with E-state index in [0.717, 1.165) is 5.69 Å². The number of nitrogens with zero attached hydrogens (tertiary/aromatic N) is 2. The van der Waals surface area contributed by atoms with Crippen molar-refractivity contribution >= 4 is 32.4 Å². The van der Waals surface area contributed by atoms with Gasteiger partial charge in [0.25, 0.3) is 5.69 Å². The van der Waals surface area contributed by atoms with E-state index in [4.69, 9.17) is 0 Å². The molecule has 0 atom stereocenters. The fourth-order valence-corrected chi connectivity index (χ4v) is 2.81. The predicted molar refractivity (Wildman–Crippen MR) is 74.3 cm³/mol. The van der Waals surface area contributed by atoms with Crippen molar-refractivity contribution in [3.05, 3.63) is 68.3 Å². The van der Waals surface area contributed by atoms with Crippen molar-refractivity contribution in [1.82, 2.24) is 0 Å². The second-order valence-corrected chi connectivity index (χ2v) is 5.45. The van der Waals surface area contributed by atoms with Crippen LogP contribution in [0.1, 0.15) is 0 Å². The normalized spacial score (nSPS) is 11.1. The first-order valence-electron chi connectivity index (χ1n) is 4.90. The highest BCUT2D eigenvalue weighted by Gasteiger charge is 2.02. The van der Waals surface area contributed by atoms with Crippen molar-refractivity contribution in [1.29, 1.82) is 0 Å². The van der Waals surface area contributed by atoms with Gasteiger partial charge >= 0.3 is 0 Å². The molecule has 2 rings (SSSR count). The number of nitro groups is 1. The van der Waals surface area contributed by atoms with Gasteiger partial charge in [-0.3, -0.25) is 10.1 Å². The molecular formula is C12H9IN2O2. The van der Waals surface area contributed by atoms with Gasteiger partial charge in [0, 0.05) is 36.7 Å². The van der Waals surface area contributed by atoms with Crippen LogP contribution in [0.15, 0.2) is 57.7 Å². The molecule has 0 amide bonds. The molecule has 0 unspecified atom stereocenters. The number of halogens is 1. The minimum absolute atomic E-state index is 0.0989. The van der Waals surface area contributed by atoms with Crippen molar-refractivity contribution in [3.63, 3.8) is 0 Å². The van der Waals surface area contributed by atoms with Gasteiger partial charge < -0.3 is 0 Å². The third-order valence-electron chi connectivity index (χ3n) is 2.03. The lowest BCUT2D eigenvalue weighted by atomic mass is 10.3. The van der Waals surface area contributed by atoms with Crippen LogP contribution in [0, 0.1) is 13.7 Å². The molecule has 0 fully saturated rings. The summed E-state index contributed by atoms with van der Waals surface area (Å²) in [6.07, 6.45) is 0. The minimum atomic E-state index is -0.422. The molecule has 0 heterocycles. The Labute approximate surface area is 109 Å². The Kier molecular flexibility index (Phi) is 3.92. The van der Waals surface area contributed by atoms with Gasteiger partial charge in [0.05, 0.1) is 10.6 Å². The Morgan fingerprint density at radius 3 is 2.24 bits per heavy atom. The second-order valence-electron chi connectivity index (χ2n) is 3.24. The van der Waals surface area contributed by atoms with Gasteiger partial charge in [0.2, 0.25) is 0 Å². The molecule has 0 aromatic heterocycles. The molecule has 0 spiro atoms. The topological polar surface area (TPSA) is 55.5 Å². The molecule has 0 aliphatic rings. The van der Waals surface area contributed by atoms with Crippen LogP contribution in [-0.4, -0.2) is 4.92 Å². The highest BCUT2D eigenvalue weighted by molar-refractivity contribution is 14.2. The Morgan fingerprint density at radius 1 is 1.00 bits per heavy atom. The molecule has 0 aliphatic heterocycles. The molecule has 17 heavy (non-hydrogen) atoms. The van der Waals surface area contributed by atoms with Gasteiger partial charge in [0.1, 0.15) is 0 Å². The Bertz CT molecular complexity index is 538. The lowest BCUT2D eigenvalue weighted by Gasteiger charge is -1.93. The summed E-state index contributed by atoms with van der Waals surface area (Å²) in [5, 5.41) is 10.5. The average Bonchev–Trinajstić information content (AvgIpc) is 2.38. The van der Waals surface area contributed by atoms with Gasteiger partial charge in [-0.1, -0.05) is 18.2 Å². The molecule has 5 heteroatoms. The first-order valence-corrected chi connectivity index (χ1v) is 6.95. The summed E-state index contributed by atoms with van der Waals surface area (Å²) in [6.45, 7) is 0. The van der Waals surface area contributed by atoms with Crippen molar-refractivity contribution in [2.75, 3.05) is 0 Å². The van der Waals surface area contributed by atoms with Crippen molar-refractivity contribution in [3.8, 4) is 0 Å². The number of hydrogen-bond donors (Lipinski definition) is 0. The molecule has 0 bridgehead atoms. The zero-order chi connectivity index (χ0) is 12.1. The number of rotatable bonds is 3. The van der Waals surface area contributed by atoms with Crippen molar-refractivity contribution in [2.45, 2.75) is 0 Å². The highest BCUT2D eigenvalue weighted by atomic mass is 127. The molecule has 0 saturated carbocycles. The van der Waals surface area contributed by atoms with Crippen LogP contribution < -0.4 is 0 Å². The maximum absolute atomic E-state index is 10.5. The average molecular weight is 340 g/mol. The van der Waals surface area contributed by atoms with E-state index < -0.39 is 26.0 Å². The van der Waals surface area contributed by atoms with Gasteiger partial charge in [-0.05, 0) is 24.3 Å². The van der Waals surface area contributed by atoms with Crippen LogP contribution in [0.5, 0.6) is 0 Å². The van der Waals surface area contributed by atoms with E-state index in [0.29, 0.717) is 0 Å². The molecule has 2 aromatic rings. The van der Waals surface area contributed by atoms with Gasteiger partial charge in [0.15, 0.2) is 0 Å². The maximum Gasteiger partial charge on any atom is 0.269 e. The molecule has 0 aliphatic carbocycles. The van der Waals surface area contributed by atoms with E-state index in [1.165, 1.54) is 15.7 Å². The third kappa shape index (κ3) is 3.42. The summed E-state index contributed by atoms with van der Waals surface area (Å²) >= 11 is -0.422. The predicted octanol–water partition coefficient (Wildman–Crippen LogP) is 4.25. The van der Waals surface area contributed by atoms with Crippen molar-refractivity contribution < 1.29 is 4.92 Å². The standard InChI is InChI=1S/C12H9IN2O2/c16-15(17)12-8-6-11(7-9-12)14-13-10-4-2-1-3-5-10/h1-9H. The lowest BCUT2D eigenvalue weighted by molar-refractivity contribution is -0.384. The third-order valence-corrected chi connectivity index (χ3v) is 4.11. The zero-order valence-electron chi connectivity index (χ0n) is 8.79. The van der Waals surface area contributed by atoms with E-state index in [1.54, 1.807) is 12.1 Å². The largest absolute Gasteiger partial charge is 0.269 e. The number of nitro benzene ring substituents is 1. The first-order chi connectivity index (χ1) is 8.25. The summed E-state index contributed by atoms with van der Waals surface area (Å²) < 4.78 is 5.69. The summed E-state index contributed by atoms with van der Waals surface area (Å²) in [5.41, 5.74) is 0.897. The van der Waals surface area contributed by atoms with E-state index in [2.05, 4.69) is 3.15 Å². The monoisotopic (exact) mass is 340 g/mol. The van der Waals surface area contributed by atoms with Crippen LogP contribution in [0.25, 0.3) is 0 Å². The molecule has 4 nitrogen and oxygen atoms in total. The van der Waals surface area contributed by atoms with Crippen LogP contribution in [0.2, 0.25) is 0 Å². The van der Waals surface area contributed by atoms with E-state index in [9.17, 15) is 10.1 Å². The molecular weight excluding hydrogens is 331 g/mol. The van der Waals surface area contributed by atoms with Gasteiger partial charge in [-0.2, -0.15) is 0 Å². The van der Waals surface area contributed by atoms with E-state index >= 15 is 0 Å². The molecule has 0 radical (unpaired) electrons. The Balaban J connectivity index is 2.14. The van der Waals surface area contributed by atoms with Crippen LogP contribution in [-0.2, 0) is 0 Å². The Morgan fingerprint density at radius 2 is 1.65 bits per heavy atom. The van der Waals surface area contributed by atoms with Crippen molar-refractivity contribution in [2.24, 2.45) is 3.15 Å². The number of benzene rings is 2. The summed E-state index contributed by atoms with van der Waals surface area (Å²) in [5.74, 6) is 0. The SMILES string of the molecule is O=[N+]([O-])c1ccc(N=Ic2ccccc2)cc1.